The summed E-state index contributed by atoms with van der Waals surface area (Å²) in [6, 6.07) is 10.3. The number of amides is 1. The highest BCUT2D eigenvalue weighted by atomic mass is 19.1. The van der Waals surface area contributed by atoms with Gasteiger partial charge in [-0.05, 0) is 11.6 Å². The average molecular weight is 292 g/mol. The molecule has 3 N–H and O–H groups in total. The lowest BCUT2D eigenvalue weighted by Gasteiger charge is -2.17. The molecular weight excluding hydrogens is 278 g/mol. The maximum absolute atomic E-state index is 13.7. The Morgan fingerprint density at radius 1 is 1.24 bits per heavy atom. The van der Waals surface area contributed by atoms with Crippen LogP contribution in [0.2, 0.25) is 0 Å². The number of anilines is 2. The quantitative estimate of drug-likeness (QED) is 0.852. The van der Waals surface area contributed by atoms with E-state index >= 15 is 0 Å². The molecule has 4 nitrogen and oxygen atoms in total. The van der Waals surface area contributed by atoms with E-state index in [1.165, 1.54) is 7.11 Å². The number of rotatable bonds is 4. The normalized spacial score (nSPS) is 12.0. The lowest BCUT2D eigenvalue weighted by molar-refractivity contribution is -0.126. The highest BCUT2D eigenvalue weighted by Gasteiger charge is 2.22. The zero-order valence-electron chi connectivity index (χ0n) is 11.3. The number of halogens is 2. The minimum absolute atomic E-state index is 0.191. The molecule has 0 aliphatic rings. The van der Waals surface area contributed by atoms with Crippen molar-refractivity contribution in [3.05, 3.63) is 59.7 Å². The van der Waals surface area contributed by atoms with Crippen molar-refractivity contribution in [1.82, 2.24) is 0 Å². The van der Waals surface area contributed by atoms with E-state index in [1.807, 2.05) is 0 Å². The van der Waals surface area contributed by atoms with Crippen molar-refractivity contribution in [2.75, 3.05) is 18.2 Å². The summed E-state index contributed by atoms with van der Waals surface area (Å²) in [6.45, 7) is 0. The molecule has 0 aliphatic carbocycles. The standard InChI is InChI=1S/C15H14F2N2O2/c1-21-14(9-5-3-2-4-6-9)15(20)19-13-11(17)7-10(16)8-12(13)18/h2-8,14H,18H2,1H3,(H,19,20). The Labute approximate surface area is 120 Å². The van der Waals surface area contributed by atoms with Gasteiger partial charge in [0.1, 0.15) is 11.5 Å². The smallest absolute Gasteiger partial charge is 0.258 e. The molecule has 0 saturated heterocycles. The van der Waals surface area contributed by atoms with Gasteiger partial charge in [-0.2, -0.15) is 0 Å². The van der Waals surface area contributed by atoms with Crippen LogP contribution in [0.15, 0.2) is 42.5 Å². The largest absolute Gasteiger partial charge is 0.397 e. The summed E-state index contributed by atoms with van der Waals surface area (Å²) in [5.41, 5.74) is 5.67. The summed E-state index contributed by atoms with van der Waals surface area (Å²) in [7, 11) is 1.36. The molecule has 0 bridgehead atoms. The van der Waals surface area contributed by atoms with Crippen LogP contribution < -0.4 is 11.1 Å². The number of nitrogen functional groups attached to an aromatic ring is 1. The number of nitrogens with one attached hydrogen (secondary N) is 1. The Morgan fingerprint density at radius 2 is 1.90 bits per heavy atom. The Kier molecular flexibility index (Phi) is 4.49. The molecule has 0 aliphatic heterocycles. The molecule has 2 rings (SSSR count). The van der Waals surface area contributed by atoms with Gasteiger partial charge >= 0.3 is 0 Å². The fourth-order valence-corrected chi connectivity index (χ4v) is 1.94. The van der Waals surface area contributed by atoms with E-state index in [1.54, 1.807) is 30.3 Å². The van der Waals surface area contributed by atoms with Gasteiger partial charge < -0.3 is 15.8 Å². The molecule has 0 fully saturated rings. The number of hydrogen-bond donors (Lipinski definition) is 2. The molecule has 6 heteroatoms. The highest BCUT2D eigenvalue weighted by molar-refractivity contribution is 5.97. The summed E-state index contributed by atoms with van der Waals surface area (Å²) < 4.78 is 31.8. The van der Waals surface area contributed by atoms with Gasteiger partial charge in [0.05, 0.1) is 5.69 Å². The molecule has 1 amide bonds. The van der Waals surface area contributed by atoms with Gasteiger partial charge in [-0.25, -0.2) is 8.78 Å². The maximum atomic E-state index is 13.7. The van der Waals surface area contributed by atoms with E-state index < -0.39 is 23.6 Å². The van der Waals surface area contributed by atoms with Crippen LogP contribution in [0.4, 0.5) is 20.2 Å². The molecular formula is C15H14F2N2O2. The zero-order valence-corrected chi connectivity index (χ0v) is 11.3. The first-order valence-corrected chi connectivity index (χ1v) is 6.16. The lowest BCUT2D eigenvalue weighted by atomic mass is 10.1. The number of carbonyl (C=O) groups excluding carboxylic acids is 1. The van der Waals surface area contributed by atoms with Crippen molar-refractivity contribution in [1.29, 1.82) is 0 Å². The van der Waals surface area contributed by atoms with Crippen LogP contribution in [0.3, 0.4) is 0 Å². The summed E-state index contributed by atoms with van der Waals surface area (Å²) in [5, 5.41) is 2.32. The number of ether oxygens (including phenoxy) is 1. The van der Waals surface area contributed by atoms with Crippen LogP contribution >= 0.6 is 0 Å². The summed E-state index contributed by atoms with van der Waals surface area (Å²) in [4.78, 5) is 12.2. The van der Waals surface area contributed by atoms with Gasteiger partial charge in [-0.15, -0.1) is 0 Å². The van der Waals surface area contributed by atoms with E-state index in [2.05, 4.69) is 5.32 Å². The van der Waals surface area contributed by atoms with Crippen LogP contribution in [-0.4, -0.2) is 13.0 Å². The van der Waals surface area contributed by atoms with Gasteiger partial charge in [-0.3, -0.25) is 4.79 Å². The molecule has 2 aromatic rings. The van der Waals surface area contributed by atoms with Gasteiger partial charge in [-0.1, -0.05) is 30.3 Å². The average Bonchev–Trinajstić information content (AvgIpc) is 2.45. The third-order valence-electron chi connectivity index (χ3n) is 2.91. The Morgan fingerprint density at radius 3 is 2.48 bits per heavy atom. The SMILES string of the molecule is COC(C(=O)Nc1c(N)cc(F)cc1F)c1ccccc1. The lowest BCUT2D eigenvalue weighted by Crippen LogP contribution is -2.23. The minimum Gasteiger partial charge on any atom is -0.397 e. The molecule has 1 atom stereocenters. The maximum Gasteiger partial charge on any atom is 0.258 e. The van der Waals surface area contributed by atoms with E-state index in [0.717, 1.165) is 6.07 Å². The van der Waals surface area contributed by atoms with Crippen molar-refractivity contribution in [2.45, 2.75) is 6.10 Å². The number of carbonyl (C=O) groups is 1. The van der Waals surface area contributed by atoms with Gasteiger partial charge in [0.2, 0.25) is 0 Å². The summed E-state index contributed by atoms with van der Waals surface area (Å²) in [5.74, 6) is -2.35. The minimum atomic E-state index is -0.941. The molecule has 1 unspecified atom stereocenters. The number of hydrogen-bond acceptors (Lipinski definition) is 3. The second kappa shape index (κ2) is 6.32. The van der Waals surface area contributed by atoms with E-state index in [9.17, 15) is 13.6 Å². The molecule has 0 aromatic heterocycles. The molecule has 0 radical (unpaired) electrons. The number of nitrogens with two attached hydrogens (primary N) is 1. The number of methoxy groups -OCH3 is 1. The fraction of sp³-hybridized carbons (Fsp3) is 0.133. The van der Waals surface area contributed by atoms with E-state index in [4.69, 9.17) is 10.5 Å². The first-order valence-electron chi connectivity index (χ1n) is 6.16. The van der Waals surface area contributed by atoms with Crippen LogP contribution in [0, 0.1) is 11.6 Å². The molecule has 0 saturated carbocycles. The first kappa shape index (κ1) is 14.9. The first-order chi connectivity index (χ1) is 10.0. The fourth-order valence-electron chi connectivity index (χ4n) is 1.94. The third-order valence-corrected chi connectivity index (χ3v) is 2.91. The van der Waals surface area contributed by atoms with E-state index in [-0.39, 0.29) is 11.4 Å². The van der Waals surface area contributed by atoms with Gasteiger partial charge in [0.25, 0.3) is 5.91 Å². The Bertz CT molecular complexity index is 624. The van der Waals surface area contributed by atoms with Crippen molar-refractivity contribution >= 4 is 17.3 Å². The summed E-state index contributed by atoms with van der Waals surface area (Å²) >= 11 is 0. The zero-order chi connectivity index (χ0) is 15.4. The highest BCUT2D eigenvalue weighted by Crippen LogP contribution is 2.26. The predicted molar refractivity (Wildman–Crippen MR) is 75.6 cm³/mol. The van der Waals surface area contributed by atoms with Crippen LogP contribution in [-0.2, 0) is 9.53 Å². The Hall–Kier alpha value is -2.47. The second-order valence-corrected chi connectivity index (χ2v) is 4.37. The molecule has 0 heterocycles. The molecule has 110 valence electrons. The van der Waals surface area contributed by atoms with Gasteiger partial charge in [0, 0.05) is 13.2 Å². The van der Waals surface area contributed by atoms with Crippen LogP contribution in [0.25, 0.3) is 0 Å². The molecule has 0 spiro atoms. The monoisotopic (exact) mass is 292 g/mol. The number of benzene rings is 2. The molecule has 21 heavy (non-hydrogen) atoms. The second-order valence-electron chi connectivity index (χ2n) is 4.37. The predicted octanol–water partition coefficient (Wildman–Crippen LogP) is 2.87. The van der Waals surface area contributed by atoms with Crippen molar-refractivity contribution < 1.29 is 18.3 Å². The van der Waals surface area contributed by atoms with E-state index in [0.29, 0.717) is 11.6 Å². The van der Waals surface area contributed by atoms with Crippen LogP contribution in [0.5, 0.6) is 0 Å². The van der Waals surface area contributed by atoms with Crippen molar-refractivity contribution in [3.8, 4) is 0 Å². The van der Waals surface area contributed by atoms with Crippen molar-refractivity contribution in [2.24, 2.45) is 0 Å². The molecule has 2 aromatic carbocycles. The van der Waals surface area contributed by atoms with Crippen LogP contribution in [0.1, 0.15) is 11.7 Å². The summed E-state index contributed by atoms with van der Waals surface area (Å²) in [6.07, 6.45) is -0.921. The topological polar surface area (TPSA) is 64.3 Å². The van der Waals surface area contributed by atoms with Crippen molar-refractivity contribution in [3.63, 3.8) is 0 Å². The Balaban J connectivity index is 2.25. The van der Waals surface area contributed by atoms with Gasteiger partial charge in [0.15, 0.2) is 11.9 Å². The third kappa shape index (κ3) is 3.35.